The quantitative estimate of drug-likeness (QED) is 0.766. The van der Waals surface area contributed by atoms with E-state index in [0.717, 1.165) is 6.07 Å². The van der Waals surface area contributed by atoms with Crippen molar-refractivity contribution >= 4 is 11.6 Å². The SMILES string of the molecule is Cc1ccc(C(O)C(F)(F)Cl)cc1F. The molecule has 1 aromatic carbocycles. The van der Waals surface area contributed by atoms with Crippen LogP contribution < -0.4 is 0 Å². The van der Waals surface area contributed by atoms with Gasteiger partial charge in [0.25, 0.3) is 0 Å². The summed E-state index contributed by atoms with van der Waals surface area (Å²) in [5, 5.41) is 5.23. The maximum Gasteiger partial charge on any atom is 0.351 e. The van der Waals surface area contributed by atoms with E-state index < -0.39 is 17.3 Å². The van der Waals surface area contributed by atoms with Crippen molar-refractivity contribution in [1.29, 1.82) is 0 Å². The molecule has 0 aliphatic carbocycles. The maximum absolute atomic E-state index is 12.9. The molecule has 0 bridgehead atoms. The highest BCUT2D eigenvalue weighted by Crippen LogP contribution is 2.35. The van der Waals surface area contributed by atoms with Gasteiger partial charge in [0.2, 0.25) is 0 Å². The van der Waals surface area contributed by atoms with Gasteiger partial charge in [0.15, 0.2) is 6.10 Å². The Morgan fingerprint density at radius 3 is 2.43 bits per heavy atom. The molecular weight excluding hydrogens is 217 g/mol. The lowest BCUT2D eigenvalue weighted by molar-refractivity contribution is -0.0425. The number of aliphatic hydroxyl groups excluding tert-OH is 1. The van der Waals surface area contributed by atoms with Gasteiger partial charge in [-0.2, -0.15) is 8.78 Å². The van der Waals surface area contributed by atoms with Gasteiger partial charge in [0.05, 0.1) is 0 Å². The molecule has 1 aromatic rings. The lowest BCUT2D eigenvalue weighted by Crippen LogP contribution is -2.19. The van der Waals surface area contributed by atoms with Crippen LogP contribution in [-0.4, -0.2) is 10.5 Å². The number of hydrogen-bond acceptors (Lipinski definition) is 1. The van der Waals surface area contributed by atoms with Crippen molar-refractivity contribution in [3.8, 4) is 0 Å². The second-order valence-corrected chi connectivity index (χ2v) is 3.46. The van der Waals surface area contributed by atoms with Crippen molar-refractivity contribution in [3.63, 3.8) is 0 Å². The van der Waals surface area contributed by atoms with Crippen LogP contribution in [0.3, 0.4) is 0 Å². The molecular formula is C9H8ClF3O. The Morgan fingerprint density at radius 2 is 2.00 bits per heavy atom. The predicted octanol–water partition coefficient (Wildman–Crippen LogP) is 3.00. The molecule has 1 unspecified atom stereocenters. The standard InChI is InChI=1S/C9H8ClF3O/c1-5-2-3-6(4-7(5)11)8(14)9(10,12)13/h2-4,8,14H,1H3. The zero-order valence-electron chi connectivity index (χ0n) is 7.27. The largest absolute Gasteiger partial charge is 0.381 e. The summed E-state index contributed by atoms with van der Waals surface area (Å²) in [6.45, 7) is 1.49. The molecule has 0 fully saturated rings. The zero-order chi connectivity index (χ0) is 10.9. The van der Waals surface area contributed by atoms with E-state index in [2.05, 4.69) is 11.6 Å². The predicted molar refractivity (Wildman–Crippen MR) is 46.9 cm³/mol. The van der Waals surface area contributed by atoms with E-state index in [-0.39, 0.29) is 5.56 Å². The van der Waals surface area contributed by atoms with Crippen molar-refractivity contribution in [1.82, 2.24) is 0 Å². The normalized spacial score (nSPS) is 14.1. The van der Waals surface area contributed by atoms with Crippen LogP contribution in [0.15, 0.2) is 18.2 Å². The molecule has 0 aliphatic heterocycles. The Labute approximate surface area is 84.1 Å². The van der Waals surface area contributed by atoms with Gasteiger partial charge in [-0.05, 0) is 35.7 Å². The molecule has 1 nitrogen and oxygen atoms in total. The van der Waals surface area contributed by atoms with Crippen LogP contribution in [0.5, 0.6) is 0 Å². The smallest absolute Gasteiger partial charge is 0.351 e. The third-order valence-corrected chi connectivity index (χ3v) is 2.03. The summed E-state index contributed by atoms with van der Waals surface area (Å²) >= 11 is 4.60. The molecule has 0 aromatic heterocycles. The average molecular weight is 225 g/mol. The molecule has 0 saturated carbocycles. The summed E-state index contributed by atoms with van der Waals surface area (Å²) < 4.78 is 37.8. The minimum absolute atomic E-state index is 0.242. The van der Waals surface area contributed by atoms with E-state index in [4.69, 9.17) is 5.11 Å². The van der Waals surface area contributed by atoms with Crippen LogP contribution in [0.1, 0.15) is 17.2 Å². The monoisotopic (exact) mass is 224 g/mol. The lowest BCUT2D eigenvalue weighted by atomic mass is 10.1. The third-order valence-electron chi connectivity index (χ3n) is 1.82. The van der Waals surface area contributed by atoms with Crippen molar-refractivity contribution in [2.45, 2.75) is 18.4 Å². The third kappa shape index (κ3) is 2.39. The Kier molecular flexibility index (Phi) is 3.07. The number of aliphatic hydroxyl groups is 1. The number of rotatable bonds is 2. The summed E-state index contributed by atoms with van der Waals surface area (Å²) in [5.41, 5.74) is 0.0759. The number of aryl methyl sites for hydroxylation is 1. The topological polar surface area (TPSA) is 20.2 Å². The number of benzene rings is 1. The Morgan fingerprint density at radius 1 is 1.43 bits per heavy atom. The average Bonchev–Trinajstić information content (AvgIpc) is 2.07. The highest BCUT2D eigenvalue weighted by atomic mass is 35.5. The molecule has 1 atom stereocenters. The summed E-state index contributed by atoms with van der Waals surface area (Å²) in [5.74, 6) is -0.650. The Bertz CT molecular complexity index is 335. The Hall–Kier alpha value is -0.740. The molecule has 0 amide bonds. The van der Waals surface area contributed by atoms with Gasteiger partial charge < -0.3 is 5.11 Å². The number of hydrogen-bond donors (Lipinski definition) is 1. The zero-order valence-corrected chi connectivity index (χ0v) is 8.02. The van der Waals surface area contributed by atoms with Gasteiger partial charge in [-0.1, -0.05) is 12.1 Å². The van der Waals surface area contributed by atoms with Gasteiger partial charge in [-0.3, -0.25) is 0 Å². The van der Waals surface area contributed by atoms with E-state index in [1.807, 2.05) is 0 Å². The molecule has 5 heteroatoms. The van der Waals surface area contributed by atoms with Gasteiger partial charge in [0, 0.05) is 0 Å². The van der Waals surface area contributed by atoms with E-state index >= 15 is 0 Å². The molecule has 78 valence electrons. The fourth-order valence-corrected chi connectivity index (χ4v) is 1.09. The first kappa shape index (κ1) is 11.3. The van der Waals surface area contributed by atoms with Crippen LogP contribution in [0, 0.1) is 12.7 Å². The maximum atomic E-state index is 12.9. The fourth-order valence-electron chi connectivity index (χ4n) is 0.968. The second-order valence-electron chi connectivity index (χ2n) is 2.95. The number of alkyl halides is 3. The minimum Gasteiger partial charge on any atom is -0.381 e. The molecule has 1 rings (SSSR count). The van der Waals surface area contributed by atoms with Crippen molar-refractivity contribution < 1.29 is 18.3 Å². The summed E-state index contributed by atoms with van der Waals surface area (Å²) in [7, 11) is 0. The second kappa shape index (κ2) is 3.79. The van der Waals surface area contributed by atoms with E-state index in [9.17, 15) is 13.2 Å². The van der Waals surface area contributed by atoms with Gasteiger partial charge in [0.1, 0.15) is 5.82 Å². The van der Waals surface area contributed by atoms with Gasteiger partial charge in [-0.25, -0.2) is 4.39 Å². The van der Waals surface area contributed by atoms with Crippen molar-refractivity contribution in [3.05, 3.63) is 35.1 Å². The van der Waals surface area contributed by atoms with Crippen molar-refractivity contribution in [2.75, 3.05) is 0 Å². The molecule has 0 aliphatic rings. The summed E-state index contributed by atoms with van der Waals surface area (Å²) in [6, 6.07) is 3.35. The molecule has 14 heavy (non-hydrogen) atoms. The molecule has 0 radical (unpaired) electrons. The summed E-state index contributed by atoms with van der Waals surface area (Å²) in [6.07, 6.45) is -2.20. The summed E-state index contributed by atoms with van der Waals surface area (Å²) in [4.78, 5) is 0. The number of halogens is 4. The van der Waals surface area contributed by atoms with Crippen LogP contribution in [0.25, 0.3) is 0 Å². The molecule has 1 N–H and O–H groups in total. The fraction of sp³-hybridized carbons (Fsp3) is 0.333. The first-order valence-electron chi connectivity index (χ1n) is 3.83. The first-order chi connectivity index (χ1) is 6.32. The van der Waals surface area contributed by atoms with Gasteiger partial charge >= 0.3 is 5.38 Å². The lowest BCUT2D eigenvalue weighted by Gasteiger charge is -2.16. The van der Waals surface area contributed by atoms with Crippen LogP contribution >= 0.6 is 11.6 Å². The molecule has 0 saturated heterocycles. The van der Waals surface area contributed by atoms with E-state index in [1.54, 1.807) is 0 Å². The highest BCUT2D eigenvalue weighted by molar-refractivity contribution is 6.22. The Balaban J connectivity index is 3.03. The van der Waals surface area contributed by atoms with Gasteiger partial charge in [-0.15, -0.1) is 0 Å². The van der Waals surface area contributed by atoms with Crippen LogP contribution in [0.2, 0.25) is 0 Å². The first-order valence-corrected chi connectivity index (χ1v) is 4.21. The van der Waals surface area contributed by atoms with Crippen molar-refractivity contribution in [2.24, 2.45) is 0 Å². The van der Waals surface area contributed by atoms with Crippen LogP contribution in [0.4, 0.5) is 13.2 Å². The molecule has 0 heterocycles. The minimum atomic E-state index is -3.79. The van der Waals surface area contributed by atoms with E-state index in [0.29, 0.717) is 5.56 Å². The highest BCUT2D eigenvalue weighted by Gasteiger charge is 2.36. The van der Waals surface area contributed by atoms with Crippen LogP contribution in [-0.2, 0) is 0 Å². The molecule has 0 spiro atoms. The van der Waals surface area contributed by atoms with E-state index in [1.165, 1.54) is 19.1 Å².